The number of aryl methyl sites for hydroxylation is 2. The minimum atomic E-state index is 0.157. The minimum absolute atomic E-state index is 0.157. The summed E-state index contributed by atoms with van der Waals surface area (Å²) in [7, 11) is 0. The number of hydrogen-bond acceptors (Lipinski definition) is 5. The van der Waals surface area contributed by atoms with Crippen LogP contribution in [0.15, 0.2) is 59.4 Å². The fourth-order valence-corrected chi connectivity index (χ4v) is 3.42. The van der Waals surface area contributed by atoms with Crippen molar-refractivity contribution in [1.82, 2.24) is 14.9 Å². The van der Waals surface area contributed by atoms with Crippen molar-refractivity contribution in [2.24, 2.45) is 0 Å². The Hall–Kier alpha value is -3.15. The predicted molar refractivity (Wildman–Crippen MR) is 108 cm³/mol. The Morgan fingerprint density at radius 3 is 2.46 bits per heavy atom. The van der Waals surface area contributed by atoms with Crippen molar-refractivity contribution in [1.29, 1.82) is 0 Å². The molecule has 0 N–H and O–H groups in total. The first-order valence-corrected chi connectivity index (χ1v) is 9.63. The molecule has 1 aromatic carbocycles. The van der Waals surface area contributed by atoms with E-state index in [-0.39, 0.29) is 5.91 Å². The van der Waals surface area contributed by atoms with Gasteiger partial charge in [0.05, 0.1) is 6.20 Å². The van der Waals surface area contributed by atoms with Crippen LogP contribution in [-0.2, 0) is 11.2 Å². The molecular formula is C22H24N4O2. The van der Waals surface area contributed by atoms with Gasteiger partial charge in [-0.05, 0) is 19.1 Å². The second kappa shape index (κ2) is 8.25. The predicted octanol–water partition coefficient (Wildman–Crippen LogP) is 3.33. The molecule has 6 nitrogen and oxygen atoms in total. The number of amides is 1. The van der Waals surface area contributed by atoms with Gasteiger partial charge in [0.25, 0.3) is 0 Å². The molecule has 1 saturated heterocycles. The molecule has 6 heteroatoms. The van der Waals surface area contributed by atoms with E-state index in [1.807, 2.05) is 41.3 Å². The Balaban J connectivity index is 1.28. The van der Waals surface area contributed by atoms with Gasteiger partial charge in [-0.3, -0.25) is 9.78 Å². The normalized spacial score (nSPS) is 14.3. The maximum atomic E-state index is 12.6. The largest absolute Gasteiger partial charge is 0.441 e. The van der Waals surface area contributed by atoms with Gasteiger partial charge in [-0.25, -0.2) is 4.98 Å². The Morgan fingerprint density at radius 1 is 1.04 bits per heavy atom. The molecule has 0 bridgehead atoms. The van der Waals surface area contributed by atoms with Crippen molar-refractivity contribution in [2.75, 3.05) is 31.1 Å². The summed E-state index contributed by atoms with van der Waals surface area (Å²) in [6.45, 7) is 5.21. The first-order chi connectivity index (χ1) is 13.7. The molecule has 0 unspecified atom stereocenters. The second-order valence-corrected chi connectivity index (χ2v) is 7.06. The molecule has 1 aliphatic heterocycles. The van der Waals surface area contributed by atoms with Crippen LogP contribution in [0.2, 0.25) is 0 Å². The molecule has 2 aromatic heterocycles. The zero-order chi connectivity index (χ0) is 19.3. The molecule has 0 aliphatic carbocycles. The number of benzene rings is 1. The zero-order valence-corrected chi connectivity index (χ0v) is 16.0. The minimum Gasteiger partial charge on any atom is -0.441 e. The van der Waals surface area contributed by atoms with Crippen molar-refractivity contribution in [3.05, 3.63) is 66.4 Å². The van der Waals surface area contributed by atoms with Crippen LogP contribution in [0.1, 0.15) is 17.9 Å². The smallest absolute Gasteiger partial charge is 0.223 e. The summed E-state index contributed by atoms with van der Waals surface area (Å²) in [5.74, 6) is 1.51. The molecule has 1 amide bonds. The van der Waals surface area contributed by atoms with E-state index in [1.165, 1.54) is 5.56 Å². The summed E-state index contributed by atoms with van der Waals surface area (Å²) in [4.78, 5) is 25.2. The standard InChI is InChI=1S/C22H24N4O2/c1-17-2-4-18(5-3-17)20-16-24-21(28-20)6-7-22(27)26-14-12-25(13-15-26)19-8-10-23-11-9-19/h2-5,8-11,16H,6-7,12-15H2,1H3. The molecule has 28 heavy (non-hydrogen) atoms. The summed E-state index contributed by atoms with van der Waals surface area (Å²) in [6, 6.07) is 12.1. The lowest BCUT2D eigenvalue weighted by Gasteiger charge is -2.36. The van der Waals surface area contributed by atoms with Gasteiger partial charge in [-0.15, -0.1) is 0 Å². The molecule has 1 aliphatic rings. The molecule has 3 aromatic rings. The van der Waals surface area contributed by atoms with E-state index in [1.54, 1.807) is 18.6 Å². The summed E-state index contributed by atoms with van der Waals surface area (Å²) in [5, 5.41) is 0. The average molecular weight is 376 g/mol. The van der Waals surface area contributed by atoms with Crippen LogP contribution < -0.4 is 4.90 Å². The van der Waals surface area contributed by atoms with Crippen molar-refractivity contribution in [3.8, 4) is 11.3 Å². The molecule has 144 valence electrons. The van der Waals surface area contributed by atoms with Crippen LogP contribution >= 0.6 is 0 Å². The van der Waals surface area contributed by atoms with Gasteiger partial charge < -0.3 is 14.2 Å². The van der Waals surface area contributed by atoms with E-state index in [0.717, 1.165) is 43.2 Å². The number of aromatic nitrogens is 2. The van der Waals surface area contributed by atoms with Gasteiger partial charge in [0.1, 0.15) is 0 Å². The molecular weight excluding hydrogens is 352 g/mol. The molecule has 3 heterocycles. The van der Waals surface area contributed by atoms with Crippen LogP contribution in [0, 0.1) is 6.92 Å². The highest BCUT2D eigenvalue weighted by atomic mass is 16.4. The fourth-order valence-electron chi connectivity index (χ4n) is 3.42. The highest BCUT2D eigenvalue weighted by Gasteiger charge is 2.21. The number of pyridine rings is 1. The monoisotopic (exact) mass is 376 g/mol. The first kappa shape index (κ1) is 18.2. The Morgan fingerprint density at radius 2 is 1.75 bits per heavy atom. The Kier molecular flexibility index (Phi) is 5.37. The highest BCUT2D eigenvalue weighted by Crippen LogP contribution is 2.21. The van der Waals surface area contributed by atoms with Crippen LogP contribution in [-0.4, -0.2) is 47.0 Å². The Labute approximate surface area is 164 Å². The van der Waals surface area contributed by atoms with Crippen LogP contribution in [0.5, 0.6) is 0 Å². The maximum absolute atomic E-state index is 12.6. The number of hydrogen-bond donors (Lipinski definition) is 0. The molecule has 0 atom stereocenters. The number of carbonyl (C=O) groups excluding carboxylic acids is 1. The summed E-state index contributed by atoms with van der Waals surface area (Å²) in [5.41, 5.74) is 3.37. The summed E-state index contributed by atoms with van der Waals surface area (Å²) >= 11 is 0. The maximum Gasteiger partial charge on any atom is 0.223 e. The lowest BCUT2D eigenvalue weighted by Crippen LogP contribution is -2.48. The van der Waals surface area contributed by atoms with E-state index >= 15 is 0 Å². The van der Waals surface area contributed by atoms with Gasteiger partial charge in [-0.1, -0.05) is 29.8 Å². The third-order valence-electron chi connectivity index (χ3n) is 5.10. The zero-order valence-electron chi connectivity index (χ0n) is 16.0. The molecule has 4 rings (SSSR count). The molecule has 1 fully saturated rings. The van der Waals surface area contributed by atoms with Gasteiger partial charge in [0.15, 0.2) is 11.7 Å². The van der Waals surface area contributed by atoms with Crippen molar-refractivity contribution in [2.45, 2.75) is 19.8 Å². The highest BCUT2D eigenvalue weighted by molar-refractivity contribution is 5.76. The third kappa shape index (κ3) is 4.22. The molecule has 0 saturated carbocycles. The number of piperazine rings is 1. The third-order valence-corrected chi connectivity index (χ3v) is 5.10. The SMILES string of the molecule is Cc1ccc(-c2cnc(CCC(=O)N3CCN(c4ccncc4)CC3)o2)cc1. The number of carbonyl (C=O) groups is 1. The summed E-state index contributed by atoms with van der Waals surface area (Å²) in [6.07, 6.45) is 6.28. The quantitative estimate of drug-likeness (QED) is 0.684. The molecule has 0 spiro atoms. The van der Waals surface area contributed by atoms with Crippen molar-refractivity contribution >= 4 is 11.6 Å². The number of anilines is 1. The van der Waals surface area contributed by atoms with Crippen LogP contribution in [0.3, 0.4) is 0 Å². The first-order valence-electron chi connectivity index (χ1n) is 9.63. The van der Waals surface area contributed by atoms with Gasteiger partial charge >= 0.3 is 0 Å². The number of oxazole rings is 1. The van der Waals surface area contributed by atoms with E-state index in [0.29, 0.717) is 18.7 Å². The van der Waals surface area contributed by atoms with E-state index in [4.69, 9.17) is 4.42 Å². The van der Waals surface area contributed by atoms with E-state index < -0.39 is 0 Å². The van der Waals surface area contributed by atoms with Crippen molar-refractivity contribution < 1.29 is 9.21 Å². The van der Waals surface area contributed by atoms with Crippen LogP contribution in [0.4, 0.5) is 5.69 Å². The fraction of sp³-hybridized carbons (Fsp3) is 0.318. The van der Waals surface area contributed by atoms with Gasteiger partial charge in [0.2, 0.25) is 5.91 Å². The second-order valence-electron chi connectivity index (χ2n) is 7.06. The van der Waals surface area contributed by atoms with Gasteiger partial charge in [-0.2, -0.15) is 0 Å². The van der Waals surface area contributed by atoms with E-state index in [2.05, 4.69) is 21.8 Å². The van der Waals surface area contributed by atoms with Crippen molar-refractivity contribution in [3.63, 3.8) is 0 Å². The van der Waals surface area contributed by atoms with E-state index in [9.17, 15) is 4.79 Å². The number of rotatable bonds is 5. The lowest BCUT2D eigenvalue weighted by molar-refractivity contribution is -0.131. The topological polar surface area (TPSA) is 62.5 Å². The van der Waals surface area contributed by atoms with Crippen LogP contribution in [0.25, 0.3) is 11.3 Å². The number of nitrogens with zero attached hydrogens (tertiary/aromatic N) is 4. The molecule has 0 radical (unpaired) electrons. The summed E-state index contributed by atoms with van der Waals surface area (Å²) < 4.78 is 5.83. The lowest BCUT2D eigenvalue weighted by atomic mass is 10.1. The Bertz CT molecular complexity index is 913. The van der Waals surface area contributed by atoms with Gasteiger partial charge in [0, 0.05) is 62.7 Å². The average Bonchev–Trinajstić information content (AvgIpc) is 3.22.